The Hall–Kier alpha value is -0.0800. The van der Waals surface area contributed by atoms with Gasteiger partial charge in [-0.1, -0.05) is 6.92 Å². The first-order chi connectivity index (χ1) is 6.25. The van der Waals surface area contributed by atoms with Gasteiger partial charge in [-0.05, 0) is 32.1 Å². The van der Waals surface area contributed by atoms with E-state index in [1.807, 2.05) is 0 Å². The van der Waals surface area contributed by atoms with Gasteiger partial charge in [0.2, 0.25) is 0 Å². The summed E-state index contributed by atoms with van der Waals surface area (Å²) in [7, 11) is 0. The molecule has 1 aliphatic heterocycles. The molecule has 2 fully saturated rings. The SMILES string of the molecule is CC1CC(C)N(CCNC2CC2)C1. The molecular formula is C11H22N2. The summed E-state index contributed by atoms with van der Waals surface area (Å²) < 4.78 is 0. The summed E-state index contributed by atoms with van der Waals surface area (Å²) in [4.78, 5) is 2.63. The van der Waals surface area contributed by atoms with Crippen molar-refractivity contribution in [3.05, 3.63) is 0 Å². The topological polar surface area (TPSA) is 15.3 Å². The molecule has 2 rings (SSSR count). The van der Waals surface area contributed by atoms with Crippen molar-refractivity contribution >= 4 is 0 Å². The molecule has 0 radical (unpaired) electrons. The van der Waals surface area contributed by atoms with E-state index >= 15 is 0 Å². The summed E-state index contributed by atoms with van der Waals surface area (Å²) in [6, 6.07) is 1.69. The van der Waals surface area contributed by atoms with E-state index in [-0.39, 0.29) is 0 Å². The molecule has 1 aliphatic carbocycles. The van der Waals surface area contributed by atoms with Crippen LogP contribution >= 0.6 is 0 Å². The molecule has 2 heteroatoms. The molecule has 0 amide bonds. The Bertz CT molecular complexity index is 165. The van der Waals surface area contributed by atoms with E-state index in [0.717, 1.165) is 18.0 Å². The second kappa shape index (κ2) is 3.97. The van der Waals surface area contributed by atoms with Crippen LogP contribution in [0.3, 0.4) is 0 Å². The minimum absolute atomic E-state index is 0.816. The Balaban J connectivity index is 1.62. The van der Waals surface area contributed by atoms with Gasteiger partial charge in [0.05, 0.1) is 0 Å². The van der Waals surface area contributed by atoms with Gasteiger partial charge in [0.15, 0.2) is 0 Å². The lowest BCUT2D eigenvalue weighted by Crippen LogP contribution is -2.35. The second-order valence-electron chi connectivity index (χ2n) is 4.91. The van der Waals surface area contributed by atoms with Crippen LogP contribution in [0.2, 0.25) is 0 Å². The Labute approximate surface area is 81.7 Å². The van der Waals surface area contributed by atoms with Crippen LogP contribution in [0, 0.1) is 5.92 Å². The van der Waals surface area contributed by atoms with Crippen molar-refractivity contribution in [3.63, 3.8) is 0 Å². The normalized spacial score (nSPS) is 35.5. The quantitative estimate of drug-likeness (QED) is 0.708. The van der Waals surface area contributed by atoms with Crippen molar-refractivity contribution in [2.24, 2.45) is 5.92 Å². The maximum atomic E-state index is 3.58. The summed E-state index contributed by atoms with van der Waals surface area (Å²) in [6.45, 7) is 8.49. The first-order valence-corrected chi connectivity index (χ1v) is 5.73. The van der Waals surface area contributed by atoms with Crippen LogP contribution in [0.25, 0.3) is 0 Å². The van der Waals surface area contributed by atoms with E-state index in [4.69, 9.17) is 0 Å². The molecule has 1 saturated carbocycles. The predicted molar refractivity (Wildman–Crippen MR) is 55.8 cm³/mol. The van der Waals surface area contributed by atoms with Crippen LogP contribution in [0.5, 0.6) is 0 Å². The molecule has 0 aromatic rings. The Morgan fingerprint density at radius 3 is 2.62 bits per heavy atom. The van der Waals surface area contributed by atoms with Crippen molar-refractivity contribution < 1.29 is 0 Å². The minimum Gasteiger partial charge on any atom is -0.313 e. The van der Waals surface area contributed by atoms with Crippen molar-refractivity contribution in [2.45, 2.75) is 45.2 Å². The van der Waals surface area contributed by atoms with E-state index in [1.54, 1.807) is 0 Å². The zero-order valence-electron chi connectivity index (χ0n) is 8.92. The lowest BCUT2D eigenvalue weighted by Gasteiger charge is -2.20. The zero-order chi connectivity index (χ0) is 9.26. The number of nitrogens with one attached hydrogen (secondary N) is 1. The third-order valence-electron chi connectivity index (χ3n) is 3.32. The molecule has 1 heterocycles. The average Bonchev–Trinajstić information content (AvgIpc) is 2.81. The highest BCUT2D eigenvalue weighted by molar-refractivity contribution is 4.83. The van der Waals surface area contributed by atoms with Gasteiger partial charge < -0.3 is 5.32 Å². The lowest BCUT2D eigenvalue weighted by molar-refractivity contribution is 0.264. The van der Waals surface area contributed by atoms with Crippen LogP contribution in [0.15, 0.2) is 0 Å². The van der Waals surface area contributed by atoms with Gasteiger partial charge >= 0.3 is 0 Å². The molecule has 13 heavy (non-hydrogen) atoms. The van der Waals surface area contributed by atoms with Crippen LogP contribution in [0.4, 0.5) is 0 Å². The Morgan fingerprint density at radius 1 is 1.31 bits per heavy atom. The second-order valence-corrected chi connectivity index (χ2v) is 4.91. The summed E-state index contributed by atoms with van der Waals surface area (Å²) in [5, 5.41) is 3.58. The summed E-state index contributed by atoms with van der Waals surface area (Å²) in [5.74, 6) is 0.913. The van der Waals surface area contributed by atoms with Crippen LogP contribution < -0.4 is 5.32 Å². The predicted octanol–water partition coefficient (Wildman–Crippen LogP) is 1.47. The van der Waals surface area contributed by atoms with Gasteiger partial charge in [0, 0.05) is 31.7 Å². The highest BCUT2D eigenvalue weighted by atomic mass is 15.2. The Kier molecular flexibility index (Phi) is 2.89. The van der Waals surface area contributed by atoms with E-state index in [1.165, 1.54) is 38.9 Å². The van der Waals surface area contributed by atoms with Crippen LogP contribution in [-0.2, 0) is 0 Å². The van der Waals surface area contributed by atoms with E-state index < -0.39 is 0 Å². The molecule has 0 spiro atoms. The van der Waals surface area contributed by atoms with E-state index in [2.05, 4.69) is 24.1 Å². The number of nitrogens with zero attached hydrogens (tertiary/aromatic N) is 1. The molecule has 2 atom stereocenters. The maximum absolute atomic E-state index is 3.58. The monoisotopic (exact) mass is 182 g/mol. The molecule has 2 aliphatic rings. The van der Waals surface area contributed by atoms with Gasteiger partial charge in [0.1, 0.15) is 0 Å². The van der Waals surface area contributed by atoms with Gasteiger partial charge in [-0.25, -0.2) is 0 Å². The molecule has 76 valence electrons. The van der Waals surface area contributed by atoms with Gasteiger partial charge in [-0.2, -0.15) is 0 Å². The first kappa shape index (κ1) is 9.47. The summed E-state index contributed by atoms with van der Waals surface area (Å²) in [5.41, 5.74) is 0. The molecule has 0 bridgehead atoms. The third-order valence-corrected chi connectivity index (χ3v) is 3.32. The van der Waals surface area contributed by atoms with Crippen LogP contribution in [0.1, 0.15) is 33.1 Å². The molecular weight excluding hydrogens is 160 g/mol. The smallest absolute Gasteiger partial charge is 0.0110 e. The number of likely N-dealkylation sites (tertiary alicyclic amines) is 1. The maximum Gasteiger partial charge on any atom is 0.0110 e. The largest absolute Gasteiger partial charge is 0.313 e. The van der Waals surface area contributed by atoms with E-state index in [0.29, 0.717) is 0 Å². The average molecular weight is 182 g/mol. The van der Waals surface area contributed by atoms with Crippen LogP contribution in [-0.4, -0.2) is 36.6 Å². The molecule has 2 unspecified atom stereocenters. The fraction of sp³-hybridized carbons (Fsp3) is 1.00. The lowest BCUT2D eigenvalue weighted by atomic mass is 10.1. The minimum atomic E-state index is 0.816. The highest BCUT2D eigenvalue weighted by Crippen LogP contribution is 2.22. The van der Waals surface area contributed by atoms with Gasteiger partial charge in [-0.3, -0.25) is 4.90 Å². The molecule has 1 saturated heterocycles. The standard InChI is InChI=1S/C11H22N2/c1-9-7-10(2)13(8-9)6-5-12-11-3-4-11/h9-12H,3-8H2,1-2H3. The Morgan fingerprint density at radius 2 is 2.08 bits per heavy atom. The molecule has 0 aromatic carbocycles. The molecule has 0 aromatic heterocycles. The van der Waals surface area contributed by atoms with Gasteiger partial charge in [-0.15, -0.1) is 0 Å². The van der Waals surface area contributed by atoms with Crippen molar-refractivity contribution in [1.82, 2.24) is 10.2 Å². The van der Waals surface area contributed by atoms with E-state index in [9.17, 15) is 0 Å². The van der Waals surface area contributed by atoms with Crippen molar-refractivity contribution in [3.8, 4) is 0 Å². The molecule has 2 nitrogen and oxygen atoms in total. The molecule has 1 N–H and O–H groups in total. The fourth-order valence-corrected chi connectivity index (χ4v) is 2.40. The zero-order valence-corrected chi connectivity index (χ0v) is 8.92. The number of hydrogen-bond donors (Lipinski definition) is 1. The fourth-order valence-electron chi connectivity index (χ4n) is 2.40. The number of hydrogen-bond acceptors (Lipinski definition) is 2. The van der Waals surface area contributed by atoms with Crippen molar-refractivity contribution in [1.29, 1.82) is 0 Å². The third kappa shape index (κ3) is 2.68. The van der Waals surface area contributed by atoms with Crippen molar-refractivity contribution in [2.75, 3.05) is 19.6 Å². The summed E-state index contributed by atoms with van der Waals surface area (Å²) in [6.07, 6.45) is 4.21. The van der Waals surface area contributed by atoms with Gasteiger partial charge in [0.25, 0.3) is 0 Å². The number of rotatable bonds is 4. The summed E-state index contributed by atoms with van der Waals surface area (Å²) >= 11 is 0. The first-order valence-electron chi connectivity index (χ1n) is 5.73. The highest BCUT2D eigenvalue weighted by Gasteiger charge is 2.26.